The first-order chi connectivity index (χ1) is 5.42. The molecule has 0 aliphatic carbocycles. The van der Waals surface area contributed by atoms with Gasteiger partial charge in [-0.25, -0.2) is 9.97 Å². The molecule has 0 radical (unpaired) electrons. The maximum absolute atomic E-state index is 4.21. The van der Waals surface area contributed by atoms with Gasteiger partial charge in [-0.05, 0) is 12.5 Å². The summed E-state index contributed by atoms with van der Waals surface area (Å²) in [5, 5.41) is 0. The lowest BCUT2D eigenvalue weighted by atomic mass is 10.3. The Balaban J connectivity index is 2.76. The molecule has 11 heavy (non-hydrogen) atoms. The summed E-state index contributed by atoms with van der Waals surface area (Å²) in [6, 6.07) is 1.90. The van der Waals surface area contributed by atoms with Gasteiger partial charge in [0, 0.05) is 12.4 Å². The van der Waals surface area contributed by atoms with Crippen molar-refractivity contribution >= 4 is 5.65 Å². The van der Waals surface area contributed by atoms with Crippen LogP contribution in [0.25, 0.3) is 5.65 Å². The van der Waals surface area contributed by atoms with Gasteiger partial charge in [-0.2, -0.15) is 0 Å². The molecule has 0 aromatic carbocycles. The highest BCUT2D eigenvalue weighted by atomic mass is 15.0. The number of hydrogen-bond donors (Lipinski definition) is 0. The van der Waals surface area contributed by atoms with E-state index in [2.05, 4.69) is 16.9 Å². The normalized spacial score (nSPS) is 10.6. The summed E-state index contributed by atoms with van der Waals surface area (Å²) in [7, 11) is 0. The van der Waals surface area contributed by atoms with Crippen LogP contribution in [0.3, 0.4) is 0 Å². The van der Waals surface area contributed by atoms with Gasteiger partial charge in [0.2, 0.25) is 0 Å². The summed E-state index contributed by atoms with van der Waals surface area (Å²) in [4.78, 5) is 8.43. The summed E-state index contributed by atoms with van der Waals surface area (Å²) in [6.45, 7) is 2.08. The fourth-order valence-electron chi connectivity index (χ4n) is 1.14. The minimum Gasteiger partial charge on any atom is -0.290 e. The Morgan fingerprint density at radius 1 is 1.45 bits per heavy atom. The maximum atomic E-state index is 4.21. The topological polar surface area (TPSA) is 30.2 Å². The summed E-state index contributed by atoms with van der Waals surface area (Å²) < 4.78 is 1.93. The lowest BCUT2D eigenvalue weighted by molar-refractivity contribution is 1.07. The average Bonchev–Trinajstić information content (AvgIpc) is 2.47. The Morgan fingerprint density at radius 3 is 3.18 bits per heavy atom. The van der Waals surface area contributed by atoms with Crippen molar-refractivity contribution in [2.45, 2.75) is 13.3 Å². The van der Waals surface area contributed by atoms with Crippen molar-refractivity contribution < 1.29 is 0 Å². The van der Waals surface area contributed by atoms with Crippen molar-refractivity contribution in [3.8, 4) is 0 Å². The van der Waals surface area contributed by atoms with E-state index < -0.39 is 0 Å². The third-order valence-electron chi connectivity index (χ3n) is 1.71. The molecule has 0 unspecified atom stereocenters. The Kier molecular flexibility index (Phi) is 1.35. The molecule has 2 rings (SSSR count). The van der Waals surface area contributed by atoms with E-state index in [4.69, 9.17) is 0 Å². The van der Waals surface area contributed by atoms with Gasteiger partial charge >= 0.3 is 0 Å². The molecule has 3 nitrogen and oxygen atoms in total. The van der Waals surface area contributed by atoms with Gasteiger partial charge < -0.3 is 0 Å². The van der Waals surface area contributed by atoms with Crippen molar-refractivity contribution in [2.75, 3.05) is 0 Å². The Hall–Kier alpha value is -1.38. The molecule has 0 aliphatic heterocycles. The van der Waals surface area contributed by atoms with Crippen LogP contribution in [0.1, 0.15) is 12.6 Å². The van der Waals surface area contributed by atoms with E-state index in [0.717, 1.165) is 17.8 Å². The van der Waals surface area contributed by atoms with Crippen molar-refractivity contribution in [1.82, 2.24) is 14.4 Å². The smallest absolute Gasteiger partial charge is 0.159 e. The van der Waals surface area contributed by atoms with Gasteiger partial charge in [0.15, 0.2) is 5.65 Å². The number of aryl methyl sites for hydroxylation is 1. The molecule has 0 aliphatic rings. The predicted octanol–water partition coefficient (Wildman–Crippen LogP) is 1.29. The van der Waals surface area contributed by atoms with Crippen LogP contribution in [0.15, 0.2) is 24.8 Å². The van der Waals surface area contributed by atoms with Gasteiger partial charge in [-0.15, -0.1) is 0 Å². The first-order valence-corrected chi connectivity index (χ1v) is 3.68. The zero-order chi connectivity index (χ0) is 7.68. The van der Waals surface area contributed by atoms with E-state index in [1.165, 1.54) is 0 Å². The molecular formula is C8H9N3. The van der Waals surface area contributed by atoms with Crippen LogP contribution in [0.5, 0.6) is 0 Å². The largest absolute Gasteiger partial charge is 0.290 e. The van der Waals surface area contributed by atoms with Crippen LogP contribution < -0.4 is 0 Å². The minimum atomic E-state index is 0.938. The Morgan fingerprint density at radius 2 is 2.36 bits per heavy atom. The van der Waals surface area contributed by atoms with Crippen molar-refractivity contribution in [3.63, 3.8) is 0 Å². The van der Waals surface area contributed by atoms with Gasteiger partial charge in [0.05, 0.1) is 5.69 Å². The monoisotopic (exact) mass is 147 g/mol. The van der Waals surface area contributed by atoms with Crippen LogP contribution in [-0.2, 0) is 6.42 Å². The van der Waals surface area contributed by atoms with Crippen LogP contribution in [0.2, 0.25) is 0 Å². The molecule has 2 aromatic heterocycles. The molecule has 0 bridgehead atoms. The Labute approximate surface area is 64.7 Å². The van der Waals surface area contributed by atoms with Gasteiger partial charge in [0.1, 0.15) is 6.33 Å². The number of hydrogen-bond acceptors (Lipinski definition) is 2. The second-order valence-electron chi connectivity index (χ2n) is 2.40. The number of imidazole rings is 1. The van der Waals surface area contributed by atoms with Crippen LogP contribution in [0.4, 0.5) is 0 Å². The van der Waals surface area contributed by atoms with Crippen molar-refractivity contribution in [1.29, 1.82) is 0 Å². The van der Waals surface area contributed by atoms with Crippen LogP contribution >= 0.6 is 0 Å². The van der Waals surface area contributed by atoms with Gasteiger partial charge in [-0.1, -0.05) is 6.92 Å². The maximum Gasteiger partial charge on any atom is 0.159 e. The highest BCUT2D eigenvalue weighted by Gasteiger charge is 2.00. The molecule has 0 saturated carbocycles. The molecule has 2 aromatic rings. The molecular weight excluding hydrogens is 138 g/mol. The first-order valence-electron chi connectivity index (χ1n) is 3.68. The lowest BCUT2D eigenvalue weighted by Gasteiger charge is -1.91. The van der Waals surface area contributed by atoms with E-state index >= 15 is 0 Å². The highest BCUT2D eigenvalue weighted by molar-refractivity contribution is 5.43. The van der Waals surface area contributed by atoms with E-state index in [0.29, 0.717) is 0 Å². The Bertz CT molecular complexity index is 364. The predicted molar refractivity (Wildman–Crippen MR) is 42.4 cm³/mol. The van der Waals surface area contributed by atoms with Crippen LogP contribution in [-0.4, -0.2) is 14.4 Å². The third-order valence-corrected chi connectivity index (χ3v) is 1.71. The van der Waals surface area contributed by atoms with E-state index in [9.17, 15) is 0 Å². The fraction of sp³-hybridized carbons (Fsp3) is 0.250. The van der Waals surface area contributed by atoms with E-state index in [1.807, 2.05) is 16.7 Å². The molecule has 0 N–H and O–H groups in total. The molecule has 0 spiro atoms. The highest BCUT2D eigenvalue weighted by Crippen LogP contribution is 2.04. The minimum absolute atomic E-state index is 0.938. The third kappa shape index (κ3) is 0.888. The molecule has 0 amide bonds. The van der Waals surface area contributed by atoms with Gasteiger partial charge in [0.25, 0.3) is 0 Å². The number of rotatable bonds is 1. The van der Waals surface area contributed by atoms with Crippen molar-refractivity contribution in [3.05, 3.63) is 30.5 Å². The lowest BCUT2D eigenvalue weighted by Crippen LogP contribution is -1.86. The zero-order valence-electron chi connectivity index (χ0n) is 6.36. The van der Waals surface area contributed by atoms with E-state index in [-0.39, 0.29) is 0 Å². The second kappa shape index (κ2) is 2.34. The molecule has 0 fully saturated rings. The first kappa shape index (κ1) is 6.34. The number of aromatic nitrogens is 3. The average molecular weight is 147 g/mol. The van der Waals surface area contributed by atoms with Crippen LogP contribution in [0, 0.1) is 0 Å². The molecule has 56 valence electrons. The van der Waals surface area contributed by atoms with E-state index in [1.54, 1.807) is 12.5 Å². The summed E-state index contributed by atoms with van der Waals surface area (Å²) >= 11 is 0. The molecule has 2 heterocycles. The van der Waals surface area contributed by atoms with Gasteiger partial charge in [-0.3, -0.25) is 4.40 Å². The van der Waals surface area contributed by atoms with Crippen molar-refractivity contribution in [2.24, 2.45) is 0 Å². The SMILES string of the molecule is CCc1ncn2cccnc12. The molecule has 3 heteroatoms. The summed E-state index contributed by atoms with van der Waals surface area (Å²) in [5.74, 6) is 0. The number of nitrogens with zero attached hydrogens (tertiary/aromatic N) is 3. The number of fused-ring (bicyclic) bond motifs is 1. The second-order valence-corrected chi connectivity index (χ2v) is 2.40. The summed E-state index contributed by atoms with van der Waals surface area (Å²) in [5.41, 5.74) is 2.03. The summed E-state index contributed by atoms with van der Waals surface area (Å²) in [6.07, 6.45) is 6.47. The molecule has 0 atom stereocenters. The zero-order valence-corrected chi connectivity index (χ0v) is 6.36. The quantitative estimate of drug-likeness (QED) is 0.608. The standard InChI is InChI=1S/C8H9N3/c1-2-7-8-9-4-3-5-11(8)6-10-7/h3-6H,2H2,1H3. The molecule has 0 saturated heterocycles. The fourth-order valence-corrected chi connectivity index (χ4v) is 1.14.